The van der Waals surface area contributed by atoms with E-state index in [9.17, 15) is 0 Å². The Hall–Kier alpha value is -1.98. The van der Waals surface area contributed by atoms with Crippen LogP contribution in [0, 0.1) is 0 Å². The molecule has 0 unspecified atom stereocenters. The van der Waals surface area contributed by atoms with Crippen molar-refractivity contribution in [3.05, 3.63) is 76.4 Å². The van der Waals surface area contributed by atoms with E-state index < -0.39 is 11.3 Å². The predicted molar refractivity (Wildman–Crippen MR) is 79.0 cm³/mol. The van der Waals surface area contributed by atoms with Gasteiger partial charge in [0.1, 0.15) is 11.3 Å². The molecule has 0 bridgehead atoms. The molecule has 4 heteroatoms. The lowest BCUT2D eigenvalue weighted by Crippen LogP contribution is -2.58. The molecule has 100 valence electrons. The molecule has 2 aliphatic carbocycles. The summed E-state index contributed by atoms with van der Waals surface area (Å²) in [5.74, 6) is 0. The van der Waals surface area contributed by atoms with Gasteiger partial charge in [0.25, 0.3) is 0 Å². The molecule has 0 amide bonds. The van der Waals surface area contributed by atoms with Gasteiger partial charge in [0.05, 0.1) is 0 Å². The Morgan fingerprint density at radius 3 is 1.45 bits per heavy atom. The van der Waals surface area contributed by atoms with Gasteiger partial charge < -0.3 is 22.9 Å². The largest absolute Gasteiger partial charge is 0.306 e. The summed E-state index contributed by atoms with van der Waals surface area (Å²) in [6, 6.07) is 15.7. The molecule has 20 heavy (non-hydrogen) atoms. The van der Waals surface area contributed by atoms with Gasteiger partial charge in [-0.2, -0.15) is 0 Å². The molecule has 4 nitrogen and oxygen atoms in total. The first-order valence-corrected chi connectivity index (χ1v) is 6.56. The Labute approximate surface area is 117 Å². The van der Waals surface area contributed by atoms with Crippen LogP contribution < -0.4 is 22.9 Å². The average Bonchev–Trinajstić information content (AvgIpc) is 2.82. The summed E-state index contributed by atoms with van der Waals surface area (Å²) in [7, 11) is 0. The van der Waals surface area contributed by atoms with Crippen molar-refractivity contribution in [1.29, 1.82) is 0 Å². The van der Waals surface area contributed by atoms with E-state index in [0.717, 1.165) is 27.8 Å². The van der Waals surface area contributed by atoms with Gasteiger partial charge in [-0.25, -0.2) is 0 Å². The second-order valence-electron chi connectivity index (χ2n) is 5.58. The molecule has 0 fully saturated rings. The molecular weight excluding hydrogens is 248 g/mol. The van der Waals surface area contributed by atoms with Crippen molar-refractivity contribution in [1.82, 2.24) is 0 Å². The zero-order valence-electron chi connectivity index (χ0n) is 10.9. The van der Waals surface area contributed by atoms with Crippen molar-refractivity contribution in [2.75, 3.05) is 0 Å². The van der Waals surface area contributed by atoms with Gasteiger partial charge in [-0.15, -0.1) is 0 Å². The maximum atomic E-state index is 6.39. The first-order chi connectivity index (χ1) is 9.45. The Morgan fingerprint density at radius 1 is 0.600 bits per heavy atom. The Kier molecular flexibility index (Phi) is 1.99. The number of nitrogens with two attached hydrogens (primary N) is 4. The summed E-state index contributed by atoms with van der Waals surface area (Å²) in [6.07, 6.45) is 0. The lowest BCUT2D eigenvalue weighted by atomic mass is 9.87. The molecule has 2 aromatic carbocycles. The van der Waals surface area contributed by atoms with E-state index in [4.69, 9.17) is 22.9 Å². The summed E-state index contributed by atoms with van der Waals surface area (Å²) < 4.78 is 0. The minimum absolute atomic E-state index is 0.701. The second kappa shape index (κ2) is 3.37. The molecule has 8 N–H and O–H groups in total. The molecule has 2 aliphatic rings. The van der Waals surface area contributed by atoms with E-state index in [1.54, 1.807) is 0 Å². The number of hydrogen-bond acceptors (Lipinski definition) is 4. The fourth-order valence-corrected chi connectivity index (χ4v) is 3.56. The van der Waals surface area contributed by atoms with Crippen molar-refractivity contribution in [2.45, 2.75) is 11.3 Å². The van der Waals surface area contributed by atoms with Crippen LogP contribution in [0.25, 0.3) is 5.57 Å². The van der Waals surface area contributed by atoms with E-state index in [-0.39, 0.29) is 0 Å². The topological polar surface area (TPSA) is 104 Å². The average molecular weight is 264 g/mol. The van der Waals surface area contributed by atoms with Gasteiger partial charge in [-0.05, 0) is 27.8 Å². The van der Waals surface area contributed by atoms with Gasteiger partial charge in [-0.1, -0.05) is 48.5 Å². The first kappa shape index (κ1) is 11.8. The Balaban J connectivity index is 2.14. The van der Waals surface area contributed by atoms with Gasteiger partial charge in [0.15, 0.2) is 0 Å². The third-order valence-corrected chi connectivity index (χ3v) is 4.36. The fourth-order valence-electron chi connectivity index (χ4n) is 3.56. The number of fused-ring (bicyclic) bond motifs is 4. The SMILES string of the molecule is NC1(N)C2=C(c3ccccc31)c1ccccc1C2(N)N. The van der Waals surface area contributed by atoms with E-state index in [0.29, 0.717) is 5.57 Å². The van der Waals surface area contributed by atoms with Crippen LogP contribution >= 0.6 is 0 Å². The van der Waals surface area contributed by atoms with E-state index in [2.05, 4.69) is 0 Å². The van der Waals surface area contributed by atoms with Crippen LogP contribution in [0.1, 0.15) is 22.3 Å². The summed E-state index contributed by atoms with van der Waals surface area (Å²) in [6.45, 7) is 0. The highest BCUT2D eigenvalue weighted by atomic mass is 15.1. The molecule has 0 spiro atoms. The van der Waals surface area contributed by atoms with Gasteiger partial charge in [0, 0.05) is 5.57 Å². The van der Waals surface area contributed by atoms with Crippen LogP contribution in [0.4, 0.5) is 0 Å². The molecule has 0 saturated carbocycles. The summed E-state index contributed by atoms with van der Waals surface area (Å²) >= 11 is 0. The van der Waals surface area contributed by atoms with E-state index >= 15 is 0 Å². The maximum absolute atomic E-state index is 6.39. The molecule has 0 atom stereocenters. The second-order valence-corrected chi connectivity index (χ2v) is 5.58. The van der Waals surface area contributed by atoms with Crippen molar-refractivity contribution in [3.63, 3.8) is 0 Å². The smallest absolute Gasteiger partial charge is 0.117 e. The number of hydrogen-bond donors (Lipinski definition) is 4. The zero-order valence-corrected chi connectivity index (χ0v) is 10.9. The monoisotopic (exact) mass is 264 g/mol. The fraction of sp³-hybridized carbons (Fsp3) is 0.125. The number of rotatable bonds is 0. The highest BCUT2D eigenvalue weighted by molar-refractivity contribution is 5.96. The maximum Gasteiger partial charge on any atom is 0.117 e. The summed E-state index contributed by atoms with van der Waals surface area (Å²) in [5.41, 5.74) is 28.8. The lowest BCUT2D eigenvalue weighted by Gasteiger charge is -2.33. The minimum atomic E-state index is -1.13. The molecule has 2 aromatic rings. The van der Waals surface area contributed by atoms with Crippen LogP contribution in [0.15, 0.2) is 54.1 Å². The van der Waals surface area contributed by atoms with Crippen molar-refractivity contribution in [2.24, 2.45) is 22.9 Å². The van der Waals surface area contributed by atoms with Crippen LogP contribution in [0.2, 0.25) is 0 Å². The van der Waals surface area contributed by atoms with Crippen LogP contribution in [0.3, 0.4) is 0 Å². The first-order valence-electron chi connectivity index (χ1n) is 6.56. The summed E-state index contributed by atoms with van der Waals surface area (Å²) in [5, 5.41) is 0. The van der Waals surface area contributed by atoms with Gasteiger partial charge in [-0.3, -0.25) is 0 Å². The Bertz CT molecular complexity index is 708. The normalized spacial score (nSPS) is 20.6. The molecule has 0 heterocycles. The molecular formula is C16H16N4. The highest BCUT2D eigenvalue weighted by Gasteiger charge is 2.52. The van der Waals surface area contributed by atoms with Crippen molar-refractivity contribution >= 4 is 5.57 Å². The van der Waals surface area contributed by atoms with Gasteiger partial charge in [0.2, 0.25) is 0 Å². The van der Waals surface area contributed by atoms with Gasteiger partial charge >= 0.3 is 0 Å². The standard InChI is InChI=1S/C16H16N4/c17-15(18)11-7-3-1-5-9(11)13-10-6-2-4-8-12(10)16(19,20)14(13)15/h1-8H,17-20H2. The third kappa shape index (κ3) is 1.15. The Morgan fingerprint density at radius 2 is 1.00 bits per heavy atom. The predicted octanol–water partition coefficient (Wildman–Crippen LogP) is 0.656. The molecule has 4 rings (SSSR count). The lowest BCUT2D eigenvalue weighted by molar-refractivity contribution is 0.437. The van der Waals surface area contributed by atoms with Crippen molar-refractivity contribution in [3.8, 4) is 0 Å². The molecule has 0 saturated heterocycles. The third-order valence-electron chi connectivity index (χ3n) is 4.36. The summed E-state index contributed by atoms with van der Waals surface area (Å²) in [4.78, 5) is 0. The van der Waals surface area contributed by atoms with Crippen molar-refractivity contribution < 1.29 is 0 Å². The van der Waals surface area contributed by atoms with Crippen LogP contribution in [-0.4, -0.2) is 0 Å². The molecule has 0 aromatic heterocycles. The molecule has 0 radical (unpaired) electrons. The minimum Gasteiger partial charge on any atom is -0.306 e. The van der Waals surface area contributed by atoms with E-state index in [1.807, 2.05) is 48.5 Å². The quantitative estimate of drug-likeness (QED) is 0.524. The highest BCUT2D eigenvalue weighted by Crippen LogP contribution is 2.54. The number of benzene rings is 2. The zero-order chi connectivity index (χ0) is 14.1. The van der Waals surface area contributed by atoms with Crippen LogP contribution in [-0.2, 0) is 11.3 Å². The van der Waals surface area contributed by atoms with Crippen LogP contribution in [0.5, 0.6) is 0 Å². The van der Waals surface area contributed by atoms with E-state index in [1.165, 1.54) is 0 Å². The molecule has 0 aliphatic heterocycles.